The van der Waals surface area contributed by atoms with Gasteiger partial charge in [0, 0.05) is 40.9 Å². The van der Waals surface area contributed by atoms with Crippen molar-refractivity contribution in [1.82, 2.24) is 30.0 Å². The number of nitrogens with zero attached hydrogens (tertiary/aromatic N) is 4. The standard InChI is InChI=1S/C23H25N7O2/c1-23(2,3)19-11-20(29-28-19)27-22(31)30-9-7-14-10-15(4-5-18(14)30)32-21-16-6-8-24-12-17(16)25-13-26-21/h4-5,7,9-11,13,24H,6,8,12H2,1-3H3,(H2,27,28,29,31). The van der Waals surface area contributed by atoms with Crippen molar-refractivity contribution in [3.8, 4) is 11.6 Å². The average Bonchev–Trinajstić information content (AvgIpc) is 3.41. The highest BCUT2D eigenvalue weighted by atomic mass is 16.5. The van der Waals surface area contributed by atoms with Gasteiger partial charge in [0.1, 0.15) is 12.1 Å². The highest BCUT2D eigenvalue weighted by Gasteiger charge is 2.19. The summed E-state index contributed by atoms with van der Waals surface area (Å²) in [6.07, 6.45) is 4.09. The molecule has 3 N–H and O–H groups in total. The van der Waals surface area contributed by atoms with Crippen molar-refractivity contribution >= 4 is 22.8 Å². The van der Waals surface area contributed by atoms with Crippen LogP contribution in [-0.4, -0.2) is 37.3 Å². The molecule has 32 heavy (non-hydrogen) atoms. The number of rotatable bonds is 3. The second-order valence-corrected chi connectivity index (χ2v) is 8.89. The summed E-state index contributed by atoms with van der Waals surface area (Å²) in [4.78, 5) is 21.5. The number of carbonyl (C=O) groups is 1. The van der Waals surface area contributed by atoms with E-state index in [1.165, 1.54) is 6.33 Å². The number of fused-ring (bicyclic) bond motifs is 2. The van der Waals surface area contributed by atoms with Gasteiger partial charge in [0.15, 0.2) is 5.82 Å². The first-order valence-electron chi connectivity index (χ1n) is 10.6. The van der Waals surface area contributed by atoms with Gasteiger partial charge in [-0.3, -0.25) is 15.0 Å². The molecule has 0 spiro atoms. The van der Waals surface area contributed by atoms with Crippen LogP contribution in [0.4, 0.5) is 10.6 Å². The van der Waals surface area contributed by atoms with Crippen molar-refractivity contribution in [3.63, 3.8) is 0 Å². The van der Waals surface area contributed by atoms with Gasteiger partial charge in [0.05, 0.1) is 11.2 Å². The Labute approximate surface area is 185 Å². The zero-order valence-corrected chi connectivity index (χ0v) is 18.3. The lowest BCUT2D eigenvalue weighted by Gasteiger charge is -2.18. The summed E-state index contributed by atoms with van der Waals surface area (Å²) in [5.74, 6) is 1.74. The molecule has 1 aliphatic rings. The predicted octanol–water partition coefficient (Wildman–Crippen LogP) is 3.97. The van der Waals surface area contributed by atoms with Crippen molar-refractivity contribution in [1.29, 1.82) is 0 Å². The van der Waals surface area contributed by atoms with E-state index in [2.05, 4.69) is 51.6 Å². The minimum atomic E-state index is -0.280. The molecule has 0 bridgehead atoms. The van der Waals surface area contributed by atoms with E-state index in [9.17, 15) is 4.79 Å². The first kappa shape index (κ1) is 20.2. The maximum atomic E-state index is 12.8. The first-order valence-corrected chi connectivity index (χ1v) is 10.6. The van der Waals surface area contributed by atoms with Crippen LogP contribution in [0.2, 0.25) is 0 Å². The Morgan fingerprint density at radius 1 is 1.19 bits per heavy atom. The Hall–Kier alpha value is -3.72. The molecule has 1 amide bonds. The molecule has 0 fully saturated rings. The van der Waals surface area contributed by atoms with E-state index >= 15 is 0 Å². The largest absolute Gasteiger partial charge is 0.439 e. The van der Waals surface area contributed by atoms with Crippen molar-refractivity contribution in [2.24, 2.45) is 0 Å². The number of amides is 1. The summed E-state index contributed by atoms with van der Waals surface area (Å²) in [7, 11) is 0. The van der Waals surface area contributed by atoms with Crippen LogP contribution >= 0.6 is 0 Å². The van der Waals surface area contributed by atoms with Crippen LogP contribution in [0.1, 0.15) is 37.7 Å². The van der Waals surface area contributed by atoms with E-state index in [0.29, 0.717) is 17.4 Å². The highest BCUT2D eigenvalue weighted by Crippen LogP contribution is 2.29. The molecule has 1 aliphatic heterocycles. The fraction of sp³-hybridized carbons (Fsp3) is 0.304. The number of ether oxygens (including phenoxy) is 1. The summed E-state index contributed by atoms with van der Waals surface area (Å²) in [6, 6.07) is 9.07. The van der Waals surface area contributed by atoms with E-state index in [1.807, 2.05) is 30.3 Å². The molecule has 4 aromatic rings. The van der Waals surface area contributed by atoms with Crippen LogP contribution in [0.3, 0.4) is 0 Å². The van der Waals surface area contributed by atoms with Gasteiger partial charge in [0.2, 0.25) is 5.88 Å². The Kier molecular flexibility index (Phi) is 4.90. The van der Waals surface area contributed by atoms with Crippen LogP contribution in [0.5, 0.6) is 11.6 Å². The molecule has 0 unspecified atom stereocenters. The van der Waals surface area contributed by atoms with Gasteiger partial charge in [0.25, 0.3) is 0 Å². The molecule has 0 saturated heterocycles. The number of hydrogen-bond acceptors (Lipinski definition) is 6. The molecule has 0 saturated carbocycles. The zero-order valence-electron chi connectivity index (χ0n) is 18.3. The second kappa shape index (κ2) is 7.76. The summed E-state index contributed by atoms with van der Waals surface area (Å²) < 4.78 is 7.64. The lowest BCUT2D eigenvalue weighted by molar-refractivity contribution is 0.254. The normalized spacial score (nSPS) is 13.7. The third kappa shape index (κ3) is 3.82. The minimum absolute atomic E-state index is 0.0774. The molecule has 9 nitrogen and oxygen atoms in total. The molecule has 4 heterocycles. The molecule has 3 aromatic heterocycles. The molecule has 164 valence electrons. The monoisotopic (exact) mass is 431 g/mol. The summed E-state index contributed by atoms with van der Waals surface area (Å²) >= 11 is 0. The highest BCUT2D eigenvalue weighted by molar-refractivity contribution is 5.98. The summed E-state index contributed by atoms with van der Waals surface area (Å²) in [5, 5.41) is 14.2. The van der Waals surface area contributed by atoms with Crippen LogP contribution in [0.15, 0.2) is 42.9 Å². The lowest BCUT2D eigenvalue weighted by atomic mass is 9.92. The van der Waals surface area contributed by atoms with Crippen molar-refractivity contribution in [2.45, 2.75) is 39.2 Å². The Balaban J connectivity index is 1.36. The van der Waals surface area contributed by atoms with Gasteiger partial charge in [-0.05, 0) is 37.2 Å². The number of carbonyl (C=O) groups excluding carboxylic acids is 1. The second-order valence-electron chi connectivity index (χ2n) is 8.89. The lowest BCUT2D eigenvalue weighted by Crippen LogP contribution is -2.25. The molecule has 1 aromatic carbocycles. The van der Waals surface area contributed by atoms with E-state index in [4.69, 9.17) is 4.74 Å². The van der Waals surface area contributed by atoms with Gasteiger partial charge in [-0.25, -0.2) is 14.8 Å². The molecule has 0 aliphatic carbocycles. The van der Waals surface area contributed by atoms with Crippen molar-refractivity contribution < 1.29 is 9.53 Å². The maximum Gasteiger partial charge on any atom is 0.331 e. The van der Waals surface area contributed by atoms with Crippen LogP contribution in [-0.2, 0) is 18.4 Å². The Bertz CT molecular complexity index is 1300. The van der Waals surface area contributed by atoms with E-state index < -0.39 is 0 Å². The van der Waals surface area contributed by atoms with Crippen LogP contribution in [0.25, 0.3) is 10.9 Å². The molecular weight excluding hydrogens is 406 g/mol. The van der Waals surface area contributed by atoms with Crippen molar-refractivity contribution in [2.75, 3.05) is 11.9 Å². The number of anilines is 1. The van der Waals surface area contributed by atoms with Crippen LogP contribution in [0, 0.1) is 0 Å². The van der Waals surface area contributed by atoms with Gasteiger partial charge < -0.3 is 10.1 Å². The van der Waals surface area contributed by atoms with Gasteiger partial charge >= 0.3 is 6.03 Å². The van der Waals surface area contributed by atoms with Crippen LogP contribution < -0.4 is 15.4 Å². The molecular formula is C23H25N7O2. The molecule has 0 atom stereocenters. The topological polar surface area (TPSA) is 110 Å². The number of aromatic nitrogens is 5. The Morgan fingerprint density at radius 2 is 2.06 bits per heavy atom. The summed E-state index contributed by atoms with van der Waals surface area (Å²) in [5.41, 5.74) is 3.66. The van der Waals surface area contributed by atoms with Crippen molar-refractivity contribution in [3.05, 3.63) is 59.8 Å². The number of hydrogen-bond donors (Lipinski definition) is 3. The third-order valence-electron chi connectivity index (χ3n) is 5.56. The average molecular weight is 432 g/mol. The maximum absolute atomic E-state index is 12.8. The Morgan fingerprint density at radius 3 is 2.88 bits per heavy atom. The smallest absolute Gasteiger partial charge is 0.331 e. The molecule has 0 radical (unpaired) electrons. The summed E-state index contributed by atoms with van der Waals surface area (Å²) in [6.45, 7) is 7.84. The third-order valence-corrected chi connectivity index (χ3v) is 5.56. The molecule has 9 heteroatoms. The first-order chi connectivity index (χ1) is 15.4. The number of aromatic amines is 1. The fourth-order valence-corrected chi connectivity index (χ4v) is 3.75. The number of H-pyrrole nitrogens is 1. The van der Waals surface area contributed by atoms with Gasteiger partial charge in [-0.2, -0.15) is 5.10 Å². The van der Waals surface area contributed by atoms with E-state index in [-0.39, 0.29) is 11.4 Å². The molecule has 5 rings (SSSR count). The number of nitrogens with one attached hydrogen (secondary N) is 3. The quantitative estimate of drug-likeness (QED) is 0.453. The van der Waals surface area contributed by atoms with E-state index in [0.717, 1.165) is 47.4 Å². The van der Waals surface area contributed by atoms with Gasteiger partial charge in [-0.1, -0.05) is 20.8 Å². The minimum Gasteiger partial charge on any atom is -0.439 e. The fourth-order valence-electron chi connectivity index (χ4n) is 3.75. The predicted molar refractivity (Wildman–Crippen MR) is 121 cm³/mol. The number of benzene rings is 1. The van der Waals surface area contributed by atoms with E-state index in [1.54, 1.807) is 10.8 Å². The van der Waals surface area contributed by atoms with Gasteiger partial charge in [-0.15, -0.1) is 0 Å². The SMILES string of the molecule is CC(C)(C)c1cc(NC(=O)n2ccc3cc(Oc4ncnc5c4CCNC5)ccc32)n[nH]1. The zero-order chi connectivity index (χ0) is 22.3.